The van der Waals surface area contributed by atoms with Crippen LogP contribution < -0.4 is 10.1 Å². The lowest BCUT2D eigenvalue weighted by atomic mass is 10.2. The Balaban J connectivity index is 2.11. The van der Waals surface area contributed by atoms with Crippen molar-refractivity contribution >= 4 is 33.0 Å². The van der Waals surface area contributed by atoms with Crippen molar-refractivity contribution in [3.8, 4) is 5.75 Å². The third-order valence-electron chi connectivity index (χ3n) is 4.20. The topological polar surface area (TPSA) is 75.7 Å². The van der Waals surface area contributed by atoms with E-state index in [0.29, 0.717) is 30.9 Å². The van der Waals surface area contributed by atoms with Crippen LogP contribution in [-0.2, 0) is 21.2 Å². The molecule has 8 heteroatoms. The smallest absolute Gasteiger partial charge is 0.243 e. The Kier molecular flexibility index (Phi) is 7.82. The molecule has 0 radical (unpaired) electrons. The first-order valence-electron chi connectivity index (χ1n) is 8.92. The van der Waals surface area contributed by atoms with Crippen LogP contribution in [0.15, 0.2) is 40.6 Å². The van der Waals surface area contributed by atoms with Crippen molar-refractivity contribution < 1.29 is 17.9 Å². The Bertz CT molecular complexity index is 845. The van der Waals surface area contributed by atoms with E-state index >= 15 is 0 Å². The number of carbonyl (C=O) groups excluding carboxylic acids is 1. The summed E-state index contributed by atoms with van der Waals surface area (Å²) in [5, 5.41) is 4.80. The number of nitrogens with zero attached hydrogens (tertiary/aromatic N) is 1. The van der Waals surface area contributed by atoms with Crippen LogP contribution in [0.1, 0.15) is 31.6 Å². The van der Waals surface area contributed by atoms with E-state index in [1.807, 2.05) is 17.5 Å². The molecule has 0 aliphatic rings. The second-order valence-corrected chi connectivity index (χ2v) is 8.90. The first-order chi connectivity index (χ1) is 12.9. The SMILES string of the molecule is CCN(CC)S(=O)(=O)c1ccc(OC)c(NC(=O)CCCc2cccs2)c1. The molecule has 1 heterocycles. The lowest BCUT2D eigenvalue weighted by Crippen LogP contribution is -2.30. The molecule has 1 aromatic carbocycles. The summed E-state index contributed by atoms with van der Waals surface area (Å²) in [7, 11) is -2.12. The van der Waals surface area contributed by atoms with Crippen molar-refractivity contribution in [3.05, 3.63) is 40.6 Å². The monoisotopic (exact) mass is 410 g/mol. The fraction of sp³-hybridized carbons (Fsp3) is 0.421. The summed E-state index contributed by atoms with van der Waals surface area (Å²) in [6.45, 7) is 4.35. The number of sulfonamides is 1. The third-order valence-corrected chi connectivity index (χ3v) is 7.18. The van der Waals surface area contributed by atoms with Gasteiger partial charge >= 0.3 is 0 Å². The quantitative estimate of drug-likeness (QED) is 0.647. The van der Waals surface area contributed by atoms with Crippen molar-refractivity contribution in [2.24, 2.45) is 0 Å². The number of nitrogens with one attached hydrogen (secondary N) is 1. The average Bonchev–Trinajstić information content (AvgIpc) is 3.16. The number of hydrogen-bond acceptors (Lipinski definition) is 5. The van der Waals surface area contributed by atoms with E-state index in [2.05, 4.69) is 5.32 Å². The molecule has 27 heavy (non-hydrogen) atoms. The van der Waals surface area contributed by atoms with Crippen LogP contribution >= 0.6 is 11.3 Å². The van der Waals surface area contributed by atoms with Crippen LogP contribution in [0.5, 0.6) is 5.75 Å². The molecule has 6 nitrogen and oxygen atoms in total. The Labute approximate surface area is 165 Å². The van der Waals surface area contributed by atoms with Crippen LogP contribution in [-0.4, -0.2) is 38.8 Å². The van der Waals surface area contributed by atoms with Gasteiger partial charge in [0.2, 0.25) is 15.9 Å². The number of rotatable bonds is 10. The Hall–Kier alpha value is -1.90. The number of aryl methyl sites for hydroxylation is 1. The van der Waals surface area contributed by atoms with Crippen molar-refractivity contribution in [1.29, 1.82) is 0 Å². The van der Waals surface area contributed by atoms with E-state index < -0.39 is 10.0 Å². The first-order valence-corrected chi connectivity index (χ1v) is 11.2. The van der Waals surface area contributed by atoms with Gasteiger partial charge in [-0.2, -0.15) is 4.31 Å². The summed E-state index contributed by atoms with van der Waals surface area (Å²) in [6, 6.07) is 8.57. The molecular weight excluding hydrogens is 384 g/mol. The number of benzene rings is 1. The van der Waals surface area contributed by atoms with E-state index in [9.17, 15) is 13.2 Å². The van der Waals surface area contributed by atoms with Crippen LogP contribution in [0.4, 0.5) is 5.69 Å². The van der Waals surface area contributed by atoms with Gasteiger partial charge in [0, 0.05) is 24.4 Å². The summed E-state index contributed by atoms with van der Waals surface area (Å²) in [5.74, 6) is 0.266. The molecule has 0 saturated carbocycles. The van der Waals surface area contributed by atoms with Gasteiger partial charge in [-0.05, 0) is 42.5 Å². The number of thiophene rings is 1. The van der Waals surface area contributed by atoms with Crippen LogP contribution in [0.2, 0.25) is 0 Å². The van der Waals surface area contributed by atoms with Crippen molar-refractivity contribution in [1.82, 2.24) is 4.31 Å². The summed E-state index contributed by atoms with van der Waals surface area (Å²) < 4.78 is 32.1. The summed E-state index contributed by atoms with van der Waals surface area (Å²) in [6.07, 6.45) is 1.93. The van der Waals surface area contributed by atoms with Gasteiger partial charge in [-0.1, -0.05) is 19.9 Å². The van der Waals surface area contributed by atoms with Crippen molar-refractivity contribution in [2.75, 3.05) is 25.5 Å². The highest BCUT2D eigenvalue weighted by atomic mass is 32.2. The molecule has 1 aromatic heterocycles. The molecule has 0 unspecified atom stereocenters. The molecule has 1 N–H and O–H groups in total. The number of methoxy groups -OCH3 is 1. The number of carbonyl (C=O) groups is 1. The van der Waals surface area contributed by atoms with Crippen LogP contribution in [0, 0.1) is 0 Å². The minimum atomic E-state index is -3.60. The zero-order valence-electron chi connectivity index (χ0n) is 15.9. The Morgan fingerprint density at radius 1 is 1.22 bits per heavy atom. The normalized spacial score (nSPS) is 11.6. The van der Waals surface area contributed by atoms with Crippen LogP contribution in [0.3, 0.4) is 0 Å². The van der Waals surface area contributed by atoms with Gasteiger partial charge in [0.1, 0.15) is 5.75 Å². The number of ether oxygens (including phenoxy) is 1. The minimum Gasteiger partial charge on any atom is -0.495 e. The van der Waals surface area contributed by atoms with Gasteiger partial charge in [0.05, 0.1) is 17.7 Å². The second-order valence-electron chi connectivity index (χ2n) is 5.93. The lowest BCUT2D eigenvalue weighted by molar-refractivity contribution is -0.116. The third kappa shape index (κ3) is 5.54. The maximum atomic E-state index is 12.7. The lowest BCUT2D eigenvalue weighted by Gasteiger charge is -2.19. The molecule has 0 atom stereocenters. The molecular formula is C19H26N2O4S2. The van der Waals surface area contributed by atoms with Gasteiger partial charge < -0.3 is 10.1 Å². The minimum absolute atomic E-state index is 0.140. The molecule has 2 aromatic rings. The average molecular weight is 411 g/mol. The van der Waals surface area contributed by atoms with E-state index in [1.165, 1.54) is 28.4 Å². The Morgan fingerprint density at radius 2 is 1.96 bits per heavy atom. The molecule has 148 valence electrons. The zero-order valence-corrected chi connectivity index (χ0v) is 17.5. The highest BCUT2D eigenvalue weighted by Gasteiger charge is 2.23. The number of hydrogen-bond donors (Lipinski definition) is 1. The predicted molar refractivity (Wildman–Crippen MR) is 109 cm³/mol. The van der Waals surface area contributed by atoms with E-state index in [1.54, 1.807) is 31.3 Å². The molecule has 0 spiro atoms. The molecule has 0 aliphatic heterocycles. The molecule has 0 bridgehead atoms. The van der Waals surface area contributed by atoms with Gasteiger partial charge in [-0.15, -0.1) is 11.3 Å². The summed E-state index contributed by atoms with van der Waals surface area (Å²) in [4.78, 5) is 13.7. The zero-order chi connectivity index (χ0) is 19.9. The highest BCUT2D eigenvalue weighted by molar-refractivity contribution is 7.89. The maximum Gasteiger partial charge on any atom is 0.243 e. The molecule has 0 fully saturated rings. The van der Waals surface area contributed by atoms with Gasteiger partial charge in [-0.25, -0.2) is 8.42 Å². The molecule has 0 saturated heterocycles. The predicted octanol–water partition coefficient (Wildman–Crippen LogP) is 3.75. The van der Waals surface area contributed by atoms with E-state index in [-0.39, 0.29) is 10.8 Å². The molecule has 1 amide bonds. The number of amides is 1. The van der Waals surface area contributed by atoms with Crippen molar-refractivity contribution in [2.45, 2.75) is 38.0 Å². The Morgan fingerprint density at radius 3 is 2.56 bits per heavy atom. The largest absolute Gasteiger partial charge is 0.495 e. The van der Waals surface area contributed by atoms with Gasteiger partial charge in [0.25, 0.3) is 0 Å². The van der Waals surface area contributed by atoms with E-state index in [4.69, 9.17) is 4.74 Å². The first kappa shape index (κ1) is 21.4. The summed E-state index contributed by atoms with van der Waals surface area (Å²) >= 11 is 1.67. The van der Waals surface area contributed by atoms with E-state index in [0.717, 1.165) is 12.8 Å². The van der Waals surface area contributed by atoms with Crippen LogP contribution in [0.25, 0.3) is 0 Å². The standard InChI is InChI=1S/C19H26N2O4S2/c1-4-21(5-2)27(23,24)16-11-12-18(25-3)17(14-16)20-19(22)10-6-8-15-9-7-13-26-15/h7,9,11-14H,4-6,8,10H2,1-3H3,(H,20,22). The van der Waals surface area contributed by atoms with Gasteiger partial charge in [0.15, 0.2) is 0 Å². The van der Waals surface area contributed by atoms with Crippen molar-refractivity contribution in [3.63, 3.8) is 0 Å². The fourth-order valence-electron chi connectivity index (χ4n) is 2.75. The maximum absolute atomic E-state index is 12.7. The second kappa shape index (κ2) is 9.87. The summed E-state index contributed by atoms with van der Waals surface area (Å²) in [5.41, 5.74) is 0.367. The number of anilines is 1. The van der Waals surface area contributed by atoms with Gasteiger partial charge in [-0.3, -0.25) is 4.79 Å². The molecule has 0 aliphatic carbocycles. The highest BCUT2D eigenvalue weighted by Crippen LogP contribution is 2.29. The molecule has 2 rings (SSSR count). The fourth-order valence-corrected chi connectivity index (χ4v) is 4.98.